The molecule has 16 nitrogen and oxygen atoms in total. The third kappa shape index (κ3) is 10.1. The first-order chi connectivity index (χ1) is 37.7. The van der Waals surface area contributed by atoms with Crippen LogP contribution in [0.15, 0.2) is 171 Å². The molecule has 0 N–H and O–H groups in total. The van der Waals surface area contributed by atoms with Gasteiger partial charge in [-0.05, 0) is 91.1 Å². The summed E-state index contributed by atoms with van der Waals surface area (Å²) >= 11 is -0.556. The summed E-state index contributed by atoms with van der Waals surface area (Å²) < 4.78 is 20.2. The summed E-state index contributed by atoms with van der Waals surface area (Å²) in [4.78, 5) is 37.1. The quantitative estimate of drug-likeness (QED) is 0.0931. The van der Waals surface area contributed by atoms with Crippen molar-refractivity contribution in [3.63, 3.8) is 0 Å². The zero-order valence-electron chi connectivity index (χ0n) is 40.4. The second kappa shape index (κ2) is 22.9. The van der Waals surface area contributed by atoms with E-state index in [9.17, 15) is 0 Å². The maximum absolute atomic E-state index is 6.25. The summed E-state index contributed by atoms with van der Waals surface area (Å²) in [5.41, 5.74) is 12.2. The van der Waals surface area contributed by atoms with E-state index >= 15 is 0 Å². The molecule has 0 amide bonds. The maximum atomic E-state index is 6.25. The van der Waals surface area contributed by atoms with E-state index in [4.69, 9.17) is 57.1 Å². The van der Waals surface area contributed by atoms with Gasteiger partial charge in [0.1, 0.15) is 16.9 Å². The molecule has 14 heterocycles. The number of benzene rings is 2. The molecule has 14 aromatic heterocycles. The fourth-order valence-electron chi connectivity index (χ4n) is 9.69. The molecule has 16 rings (SSSR count). The van der Waals surface area contributed by atoms with E-state index in [0.717, 1.165) is 110 Å². The van der Waals surface area contributed by atoms with Gasteiger partial charge >= 0.3 is 134 Å². The fourth-order valence-corrected chi connectivity index (χ4v) is 9.69. The minimum absolute atomic E-state index is 0. The Morgan fingerprint density at radius 1 is 0.462 bits per heavy atom. The third-order valence-electron chi connectivity index (χ3n) is 12.7. The van der Waals surface area contributed by atoms with Gasteiger partial charge in [0.15, 0.2) is 5.88 Å². The minimum Gasteiger partial charge on any atom is -0.460 e. The maximum Gasteiger partial charge on any atom is 2.00 e. The predicted molar refractivity (Wildman–Crippen MR) is 300 cm³/mol. The number of nitrogens with zero attached hydrogens (tertiary/aromatic N) is 14. The van der Waals surface area contributed by atoms with Crippen molar-refractivity contribution >= 4 is 211 Å². The Bertz CT molecular complexity index is 4370. The van der Waals surface area contributed by atoms with Gasteiger partial charge in [0.2, 0.25) is 5.88 Å². The van der Waals surface area contributed by atoms with Crippen molar-refractivity contribution in [1.82, 2.24) is 67.9 Å². The van der Waals surface area contributed by atoms with Crippen molar-refractivity contribution in [1.29, 1.82) is 0 Å². The molecule has 0 spiro atoms. The van der Waals surface area contributed by atoms with E-state index in [2.05, 4.69) is 62.7 Å². The Morgan fingerprint density at radius 2 is 0.987 bits per heavy atom. The molecule has 2 aromatic carbocycles. The zero-order valence-corrected chi connectivity index (χ0v) is 54.2. The van der Waals surface area contributed by atoms with Crippen LogP contribution in [-0.2, 0) is 33.0 Å². The summed E-state index contributed by atoms with van der Waals surface area (Å²) in [6.45, 7) is 0. The van der Waals surface area contributed by atoms with Gasteiger partial charge < -0.3 is 18.9 Å². The molecule has 0 aliphatic rings. The molecular formula is C54H28Cl4K2N14O2Pt2. The summed E-state index contributed by atoms with van der Waals surface area (Å²) in [6, 6.07) is 41.8. The first-order valence-corrected chi connectivity index (χ1v) is 50.9. The Morgan fingerprint density at radius 3 is 1.67 bits per heavy atom. The number of halogens is 4. The largest absolute Gasteiger partial charge is 2.00 e. The number of imidazole rings is 2. The summed E-state index contributed by atoms with van der Waals surface area (Å²) in [6.07, 6.45) is 18.0. The van der Waals surface area contributed by atoms with Gasteiger partial charge in [-0.2, -0.15) is 10.2 Å². The smallest absolute Gasteiger partial charge is 0.460 e. The Labute approximate surface area is 518 Å². The van der Waals surface area contributed by atoms with Crippen molar-refractivity contribution < 1.29 is 42.4 Å². The molecule has 0 saturated carbocycles. The first kappa shape index (κ1) is 54.2. The van der Waals surface area contributed by atoms with Crippen LogP contribution in [0.1, 0.15) is 0 Å². The number of fused-ring (bicyclic) bond motifs is 24. The van der Waals surface area contributed by atoms with Crippen LogP contribution in [0.4, 0.5) is 0 Å². The molecule has 0 unspecified atom stereocenters. The van der Waals surface area contributed by atoms with E-state index in [0.29, 0.717) is 23.3 Å². The van der Waals surface area contributed by atoms with Crippen molar-refractivity contribution in [2.75, 3.05) is 0 Å². The average molecular weight is 1520 g/mol. The number of aromatic nitrogens is 14. The van der Waals surface area contributed by atoms with Crippen molar-refractivity contribution in [2.45, 2.75) is 0 Å². The summed E-state index contributed by atoms with van der Waals surface area (Å²) in [5.74, 6) is 2.15. The molecule has 0 aliphatic carbocycles. The van der Waals surface area contributed by atoms with Gasteiger partial charge in [0.05, 0.1) is 61.5 Å². The van der Waals surface area contributed by atoms with Crippen LogP contribution < -0.4 is 9.47 Å². The molecule has 0 radical (unpaired) electrons. The topological polar surface area (TPSA) is 165 Å². The van der Waals surface area contributed by atoms with Crippen molar-refractivity contribution in [3.8, 4) is 23.3 Å². The van der Waals surface area contributed by atoms with Crippen molar-refractivity contribution in [2.24, 2.45) is 0 Å². The van der Waals surface area contributed by atoms with E-state index < -0.39 is 11.9 Å². The second-order valence-corrected chi connectivity index (χ2v) is 36.5. The molecule has 24 heteroatoms. The third-order valence-corrected chi connectivity index (χ3v) is 12.7. The van der Waals surface area contributed by atoms with Gasteiger partial charge in [-0.3, -0.25) is 33.8 Å². The van der Waals surface area contributed by atoms with Gasteiger partial charge in [-0.25, -0.2) is 20.5 Å². The van der Waals surface area contributed by atoms with E-state index in [1.165, 1.54) is 63.2 Å². The molecule has 0 bridgehead atoms. The van der Waals surface area contributed by atoms with Gasteiger partial charge in [-0.1, -0.05) is 45.4 Å². The molecule has 0 aliphatic heterocycles. The number of rotatable bonds is 4. The molecular weight excluding hydrogens is 1490 g/mol. The normalized spacial score (nSPS) is 11.8. The van der Waals surface area contributed by atoms with Crippen LogP contribution in [0, 0.1) is 12.1 Å². The predicted octanol–water partition coefficient (Wildman–Crippen LogP) is 12.7. The standard InChI is InChI=1S/C27H15N7O.C27H13N7O.4ClH.2K.2Pt/c2*1-3-20-24(28-10-1)17-6-5-16(15-19(17)27-30-13-14-33(20)27)35-23-8-7-18-25-21(4-2-11-29-25)34-22(9-12-31-34)26(18)32-23;;;;;;;;/h1-15H;1-8,10-14H;4*1H;;;;/q;-2;;;;;;;+2;+4/p-4. The van der Waals surface area contributed by atoms with Gasteiger partial charge in [0, 0.05) is 77.5 Å². The summed E-state index contributed by atoms with van der Waals surface area (Å²) in [7, 11) is 20.0. The van der Waals surface area contributed by atoms with E-state index in [-0.39, 0.29) is 21.1 Å². The Balaban J connectivity index is 0.000000138. The fraction of sp³-hybridized carbons (Fsp3) is 0. The number of pyridine rings is 10. The van der Waals surface area contributed by atoms with Gasteiger partial charge in [-0.15, -0.1) is 6.07 Å². The molecule has 16 aromatic rings. The molecule has 0 atom stereocenters. The number of hydrogen-bond donors (Lipinski definition) is 0. The zero-order chi connectivity index (χ0) is 52.4. The van der Waals surface area contributed by atoms with Crippen molar-refractivity contribution in [3.05, 3.63) is 183 Å². The van der Waals surface area contributed by atoms with Crippen LogP contribution in [0.2, 0.25) is 0 Å². The van der Waals surface area contributed by atoms with E-state index in [1.54, 1.807) is 47.9 Å². The molecule has 0 saturated heterocycles. The average Bonchev–Trinajstić information content (AvgIpc) is 4.40. The summed E-state index contributed by atoms with van der Waals surface area (Å²) in [5, 5.41) is 14.5. The van der Waals surface area contributed by atoms with Crippen LogP contribution in [0.5, 0.6) is 23.3 Å². The van der Waals surface area contributed by atoms with Crippen LogP contribution in [0.25, 0.3) is 110 Å². The van der Waals surface area contributed by atoms with Crippen LogP contribution in [-0.4, -0.2) is 131 Å². The van der Waals surface area contributed by atoms with Gasteiger partial charge in [0.25, 0.3) is 0 Å². The number of ether oxygens (including phenoxy) is 2. The Kier molecular flexibility index (Phi) is 15.9. The SMILES string of the molecule is [Cl][Pt]([Cl])([Cl])[Cl].[K][K].[Pt+2].[c-]1c(Oc2ccc3c(n2)c2[c-]cnn2c2cccnc32)ccc2c1c1nccn1c1cccnc21.c1cnc2c3ccc(Oc4ccc5c6ncccc6n6nccc6c5n4)cc3c3nccn3c2c1. The number of hydrogen-bond acceptors (Lipinski definition) is 12. The Hall–Kier alpha value is -4.41. The second-order valence-electron chi connectivity index (χ2n) is 16.8. The van der Waals surface area contributed by atoms with Crippen LogP contribution in [0.3, 0.4) is 0 Å². The van der Waals surface area contributed by atoms with E-state index in [1.807, 2.05) is 131 Å². The molecule has 78 heavy (non-hydrogen) atoms. The molecule has 0 fully saturated rings. The first-order valence-electron chi connectivity index (χ1n) is 23.7. The monoisotopic (exact) mass is 1510 g/mol. The molecule has 376 valence electrons. The minimum atomic E-state index is -3.06. The van der Waals surface area contributed by atoms with Crippen LogP contribution >= 0.6 is 37.7 Å².